The molecule has 7 nitrogen and oxygen atoms in total. The number of hydrogen-bond donors (Lipinski definition) is 1. The number of benzene rings is 2. The molecular weight excluding hydrogens is 471 g/mol. The third-order valence-corrected chi connectivity index (χ3v) is 7.98. The minimum atomic E-state index is -4.53. The summed E-state index contributed by atoms with van der Waals surface area (Å²) in [6, 6.07) is 10.5. The summed E-state index contributed by atoms with van der Waals surface area (Å²) in [5, 5.41) is 6.27. The van der Waals surface area contributed by atoms with Crippen LogP contribution in [0.25, 0.3) is 5.69 Å². The summed E-state index contributed by atoms with van der Waals surface area (Å²) in [6.45, 7) is 0. The van der Waals surface area contributed by atoms with Crippen molar-refractivity contribution in [1.29, 1.82) is 0 Å². The lowest BCUT2D eigenvalue weighted by molar-refractivity contribution is -0.137. The number of carbonyl (C=O) groups is 1. The maximum absolute atomic E-state index is 13.1. The van der Waals surface area contributed by atoms with Crippen molar-refractivity contribution in [2.75, 3.05) is 12.4 Å². The van der Waals surface area contributed by atoms with Gasteiger partial charge in [0.15, 0.2) is 21.3 Å². The fraction of sp³-hybridized carbons (Fsp3) is 0.304. The molecule has 34 heavy (non-hydrogen) atoms. The number of nitrogens with zero attached hydrogens (tertiary/aromatic N) is 2. The van der Waals surface area contributed by atoms with E-state index in [0.717, 1.165) is 29.7 Å². The van der Waals surface area contributed by atoms with Crippen LogP contribution in [0.4, 0.5) is 18.9 Å². The first-order valence-electron chi connectivity index (χ1n) is 10.6. The Labute approximate surface area is 194 Å². The smallest absolute Gasteiger partial charge is 0.416 e. The Balaban J connectivity index is 1.59. The second-order valence-electron chi connectivity index (χ2n) is 7.97. The summed E-state index contributed by atoms with van der Waals surface area (Å²) >= 11 is 0. The molecule has 0 spiro atoms. The Bertz CT molecular complexity index is 1310. The van der Waals surface area contributed by atoms with Crippen molar-refractivity contribution in [2.45, 2.75) is 42.0 Å². The molecule has 0 aliphatic heterocycles. The van der Waals surface area contributed by atoms with Gasteiger partial charge in [0.05, 0.1) is 34.7 Å². The van der Waals surface area contributed by atoms with Gasteiger partial charge in [-0.15, -0.1) is 0 Å². The minimum Gasteiger partial charge on any atom is -0.493 e. The van der Waals surface area contributed by atoms with Gasteiger partial charge in [0.2, 0.25) is 0 Å². The summed E-state index contributed by atoms with van der Waals surface area (Å²) in [5.74, 6) is -0.650. The highest BCUT2D eigenvalue weighted by atomic mass is 32.2. The maximum Gasteiger partial charge on any atom is 0.416 e. The predicted molar refractivity (Wildman–Crippen MR) is 119 cm³/mol. The number of nitrogens with one attached hydrogen (secondary N) is 1. The van der Waals surface area contributed by atoms with E-state index >= 15 is 0 Å². The van der Waals surface area contributed by atoms with E-state index in [0.29, 0.717) is 12.8 Å². The van der Waals surface area contributed by atoms with Crippen LogP contribution in [-0.2, 0) is 16.0 Å². The Kier molecular flexibility index (Phi) is 6.39. The number of sulfone groups is 1. The first-order chi connectivity index (χ1) is 16.1. The van der Waals surface area contributed by atoms with Crippen LogP contribution in [0, 0.1) is 0 Å². The lowest BCUT2D eigenvalue weighted by Crippen LogP contribution is -2.18. The number of methoxy groups -OCH3 is 1. The normalized spacial score (nSPS) is 14.8. The molecule has 2 aromatic carbocycles. The van der Waals surface area contributed by atoms with Gasteiger partial charge in [0.1, 0.15) is 0 Å². The van der Waals surface area contributed by atoms with Crippen LogP contribution in [0.3, 0.4) is 0 Å². The average Bonchev–Trinajstić information content (AvgIpc) is 3.49. The molecule has 1 saturated carbocycles. The number of alkyl halides is 3. The minimum absolute atomic E-state index is 0.0460. The van der Waals surface area contributed by atoms with Crippen LogP contribution >= 0.6 is 0 Å². The van der Waals surface area contributed by atoms with E-state index < -0.39 is 32.7 Å². The molecule has 180 valence electrons. The Morgan fingerprint density at radius 3 is 2.50 bits per heavy atom. The van der Waals surface area contributed by atoms with E-state index in [4.69, 9.17) is 4.74 Å². The molecule has 0 atom stereocenters. The zero-order valence-corrected chi connectivity index (χ0v) is 19.0. The SMILES string of the molecule is COc1cn(-c2cccc(C(F)(F)F)c2)nc1C(=O)Nc1cccc(S(=O)(=O)C2CCCC2)c1. The molecule has 1 aromatic heterocycles. The molecule has 1 amide bonds. The molecule has 1 heterocycles. The highest BCUT2D eigenvalue weighted by molar-refractivity contribution is 7.92. The van der Waals surface area contributed by atoms with Gasteiger partial charge < -0.3 is 10.1 Å². The lowest BCUT2D eigenvalue weighted by Gasteiger charge is -2.12. The van der Waals surface area contributed by atoms with Gasteiger partial charge >= 0.3 is 6.18 Å². The van der Waals surface area contributed by atoms with Crippen molar-refractivity contribution >= 4 is 21.4 Å². The molecule has 3 aromatic rings. The number of carbonyl (C=O) groups excluding carboxylic acids is 1. The zero-order valence-electron chi connectivity index (χ0n) is 18.2. The van der Waals surface area contributed by atoms with Crippen LogP contribution < -0.4 is 10.1 Å². The first-order valence-corrected chi connectivity index (χ1v) is 12.1. The van der Waals surface area contributed by atoms with Gasteiger partial charge in [0, 0.05) is 5.69 Å². The summed E-state index contributed by atoms with van der Waals surface area (Å²) in [4.78, 5) is 13.0. The quantitative estimate of drug-likeness (QED) is 0.529. The number of hydrogen-bond acceptors (Lipinski definition) is 5. The highest BCUT2D eigenvalue weighted by Gasteiger charge is 2.32. The number of aromatic nitrogens is 2. The Hall–Kier alpha value is -3.34. The van der Waals surface area contributed by atoms with E-state index in [2.05, 4.69) is 10.4 Å². The molecule has 1 fully saturated rings. The zero-order chi connectivity index (χ0) is 24.5. The van der Waals surface area contributed by atoms with Gasteiger partial charge in [-0.2, -0.15) is 18.3 Å². The van der Waals surface area contributed by atoms with Crippen molar-refractivity contribution in [2.24, 2.45) is 0 Å². The first kappa shape index (κ1) is 23.8. The van der Waals surface area contributed by atoms with Gasteiger partial charge in [-0.1, -0.05) is 25.0 Å². The van der Waals surface area contributed by atoms with E-state index in [1.54, 1.807) is 6.07 Å². The van der Waals surface area contributed by atoms with E-state index in [9.17, 15) is 26.4 Å². The van der Waals surface area contributed by atoms with Crippen molar-refractivity contribution in [3.63, 3.8) is 0 Å². The van der Waals surface area contributed by atoms with E-state index in [1.807, 2.05) is 0 Å². The molecule has 1 aliphatic rings. The molecule has 1 N–H and O–H groups in total. The summed E-state index contributed by atoms with van der Waals surface area (Å²) in [5.41, 5.74) is -0.675. The standard InChI is InChI=1S/C23H22F3N3O4S/c1-33-20-14-29(17-8-4-6-15(12-17)23(24,25)26)28-21(20)22(30)27-16-7-5-11-19(13-16)34(31,32)18-9-2-3-10-18/h4-8,11-14,18H,2-3,9-10H2,1H3,(H,27,30). The monoisotopic (exact) mass is 493 g/mol. The second-order valence-corrected chi connectivity index (χ2v) is 10.2. The van der Waals surface area contributed by atoms with E-state index in [1.165, 1.54) is 43.6 Å². The maximum atomic E-state index is 13.1. The number of amides is 1. The molecule has 1 aliphatic carbocycles. The number of rotatable bonds is 6. The number of ether oxygens (including phenoxy) is 1. The van der Waals surface area contributed by atoms with Crippen molar-refractivity contribution in [3.05, 3.63) is 66.0 Å². The summed E-state index contributed by atoms with van der Waals surface area (Å²) < 4.78 is 71.2. The fourth-order valence-electron chi connectivity index (χ4n) is 3.95. The third kappa shape index (κ3) is 4.79. The molecule has 0 saturated heterocycles. The second kappa shape index (κ2) is 9.13. The summed E-state index contributed by atoms with van der Waals surface area (Å²) in [7, 11) is -2.21. The van der Waals surface area contributed by atoms with Crippen LogP contribution in [0.1, 0.15) is 41.7 Å². The molecule has 11 heteroatoms. The third-order valence-electron chi connectivity index (χ3n) is 5.72. The Morgan fingerprint density at radius 1 is 1.12 bits per heavy atom. The van der Waals surface area contributed by atoms with Crippen molar-refractivity contribution < 1.29 is 31.1 Å². The largest absolute Gasteiger partial charge is 0.493 e. The molecule has 0 radical (unpaired) electrons. The van der Waals surface area contributed by atoms with Crippen molar-refractivity contribution in [1.82, 2.24) is 9.78 Å². The lowest BCUT2D eigenvalue weighted by atomic mass is 10.2. The van der Waals surface area contributed by atoms with Crippen LogP contribution in [0.5, 0.6) is 5.75 Å². The summed E-state index contributed by atoms with van der Waals surface area (Å²) in [6.07, 6.45) is -0.266. The molecule has 0 unspecified atom stereocenters. The van der Waals surface area contributed by atoms with Crippen LogP contribution in [0.2, 0.25) is 0 Å². The predicted octanol–water partition coefficient (Wildman–Crippen LogP) is 4.87. The average molecular weight is 494 g/mol. The van der Waals surface area contributed by atoms with Gasteiger partial charge in [-0.25, -0.2) is 13.1 Å². The molecular formula is C23H22F3N3O4S. The molecule has 0 bridgehead atoms. The van der Waals surface area contributed by atoms with Crippen LogP contribution in [-0.4, -0.2) is 36.5 Å². The van der Waals surface area contributed by atoms with Gasteiger partial charge in [-0.05, 0) is 49.2 Å². The fourth-order valence-corrected chi connectivity index (χ4v) is 5.85. The molecule has 4 rings (SSSR count). The van der Waals surface area contributed by atoms with Gasteiger partial charge in [-0.3, -0.25) is 4.79 Å². The Morgan fingerprint density at radius 2 is 1.82 bits per heavy atom. The topological polar surface area (TPSA) is 90.3 Å². The number of anilines is 1. The van der Waals surface area contributed by atoms with E-state index in [-0.39, 0.29) is 27.7 Å². The number of halogens is 3. The van der Waals surface area contributed by atoms with Crippen LogP contribution in [0.15, 0.2) is 59.6 Å². The van der Waals surface area contributed by atoms with Crippen molar-refractivity contribution in [3.8, 4) is 11.4 Å². The highest BCUT2D eigenvalue weighted by Crippen LogP contribution is 2.32. The van der Waals surface area contributed by atoms with Gasteiger partial charge in [0.25, 0.3) is 5.91 Å².